The molecule has 0 spiro atoms. The smallest absolute Gasteiger partial charge is 0.243 e. The molecule has 1 aromatic carbocycles. The van der Waals surface area contributed by atoms with Crippen LogP contribution >= 0.6 is 11.6 Å². The van der Waals surface area contributed by atoms with Crippen molar-refractivity contribution in [1.82, 2.24) is 0 Å². The lowest BCUT2D eigenvalue weighted by atomic mass is 10.2. The number of benzene rings is 1. The molecule has 1 aliphatic heterocycles. The summed E-state index contributed by atoms with van der Waals surface area (Å²) in [5, 5.41) is 0.729. The Bertz CT molecular complexity index is 404. The molecule has 0 radical (unpaired) electrons. The number of carbonyl (C=O) groups is 1. The number of hydrogen-bond acceptors (Lipinski definition) is 2. The highest BCUT2D eigenvalue weighted by molar-refractivity contribution is 6.32. The Morgan fingerprint density at radius 3 is 3.00 bits per heavy atom. The average Bonchev–Trinajstić information content (AvgIpc) is 2.61. The summed E-state index contributed by atoms with van der Waals surface area (Å²) in [5.74, 6) is -0.0454. The minimum atomic E-state index is -0.463. The Labute approximate surface area is 93.8 Å². The molecule has 3 nitrogen and oxygen atoms in total. The van der Waals surface area contributed by atoms with E-state index in [9.17, 15) is 4.79 Å². The van der Waals surface area contributed by atoms with Gasteiger partial charge in [0, 0.05) is 17.3 Å². The molecule has 1 heterocycles. The largest absolute Gasteiger partial charge is 0.320 e. The lowest BCUT2D eigenvalue weighted by molar-refractivity contribution is -0.119. The minimum absolute atomic E-state index is 0.0454. The average molecular weight is 225 g/mol. The van der Waals surface area contributed by atoms with E-state index in [2.05, 4.69) is 0 Å². The molecule has 2 N–H and O–H groups in total. The third-order valence-corrected chi connectivity index (χ3v) is 2.98. The minimum Gasteiger partial charge on any atom is -0.320 e. The van der Waals surface area contributed by atoms with Crippen molar-refractivity contribution in [2.75, 3.05) is 11.4 Å². The first-order valence-electron chi connectivity index (χ1n) is 4.95. The van der Waals surface area contributed by atoms with Gasteiger partial charge in [-0.05, 0) is 31.0 Å². The Hall–Kier alpha value is -1.06. The van der Waals surface area contributed by atoms with Crippen LogP contribution in [0.2, 0.25) is 5.02 Å². The van der Waals surface area contributed by atoms with Gasteiger partial charge in [-0.2, -0.15) is 0 Å². The van der Waals surface area contributed by atoms with Crippen molar-refractivity contribution in [3.05, 3.63) is 28.8 Å². The number of hydrogen-bond donors (Lipinski definition) is 1. The van der Waals surface area contributed by atoms with Crippen molar-refractivity contribution in [2.45, 2.75) is 19.4 Å². The van der Waals surface area contributed by atoms with E-state index in [0.29, 0.717) is 6.54 Å². The van der Waals surface area contributed by atoms with Gasteiger partial charge in [0.15, 0.2) is 0 Å². The predicted molar refractivity (Wildman–Crippen MR) is 61.2 cm³/mol. The first kappa shape index (κ1) is 10.5. The van der Waals surface area contributed by atoms with Gasteiger partial charge in [0.2, 0.25) is 5.91 Å². The number of nitrogens with two attached hydrogens (primary N) is 1. The zero-order valence-electron chi connectivity index (χ0n) is 8.53. The molecule has 0 fully saturated rings. The zero-order chi connectivity index (χ0) is 11.0. The maximum absolute atomic E-state index is 11.8. The van der Waals surface area contributed by atoms with Gasteiger partial charge in [-0.1, -0.05) is 17.7 Å². The van der Waals surface area contributed by atoms with Gasteiger partial charge in [-0.15, -0.1) is 0 Å². The topological polar surface area (TPSA) is 46.3 Å². The predicted octanol–water partition coefficient (Wildman–Crippen LogP) is 1.58. The Kier molecular flexibility index (Phi) is 2.67. The van der Waals surface area contributed by atoms with Crippen LogP contribution in [0.25, 0.3) is 0 Å². The number of anilines is 1. The van der Waals surface area contributed by atoms with E-state index in [0.717, 1.165) is 22.7 Å². The molecule has 1 aliphatic rings. The van der Waals surface area contributed by atoms with Crippen LogP contribution in [0.1, 0.15) is 12.5 Å². The van der Waals surface area contributed by atoms with E-state index in [1.54, 1.807) is 11.8 Å². The van der Waals surface area contributed by atoms with Crippen LogP contribution in [-0.4, -0.2) is 18.5 Å². The number of carbonyl (C=O) groups excluding carboxylic acids is 1. The van der Waals surface area contributed by atoms with Crippen LogP contribution in [0.5, 0.6) is 0 Å². The fourth-order valence-corrected chi connectivity index (χ4v) is 2.13. The second-order valence-corrected chi connectivity index (χ2v) is 4.17. The van der Waals surface area contributed by atoms with E-state index in [1.165, 1.54) is 0 Å². The third-order valence-electron chi connectivity index (χ3n) is 2.63. The molecular formula is C11H13ClN2O. The Balaban J connectivity index is 2.37. The summed E-state index contributed by atoms with van der Waals surface area (Å²) in [5.41, 5.74) is 7.54. The summed E-state index contributed by atoms with van der Waals surface area (Å²) in [6, 6.07) is 5.15. The normalized spacial score (nSPS) is 16.3. The summed E-state index contributed by atoms with van der Waals surface area (Å²) in [7, 11) is 0. The van der Waals surface area contributed by atoms with Crippen molar-refractivity contribution in [2.24, 2.45) is 5.73 Å². The third kappa shape index (κ3) is 1.73. The van der Waals surface area contributed by atoms with Gasteiger partial charge >= 0.3 is 0 Å². The molecule has 0 aliphatic carbocycles. The van der Waals surface area contributed by atoms with E-state index in [-0.39, 0.29) is 5.91 Å². The summed E-state index contributed by atoms with van der Waals surface area (Å²) in [6.07, 6.45) is 0.813. The molecule has 0 bridgehead atoms. The second-order valence-electron chi connectivity index (χ2n) is 3.77. The lowest BCUT2D eigenvalue weighted by Crippen LogP contribution is -2.41. The summed E-state index contributed by atoms with van der Waals surface area (Å²) in [4.78, 5) is 13.5. The van der Waals surface area contributed by atoms with Crippen molar-refractivity contribution in [1.29, 1.82) is 0 Å². The SMILES string of the molecule is C[C@H](N)C(=O)N1CCc2c(Cl)cccc21. The molecule has 0 aromatic heterocycles. The molecule has 15 heavy (non-hydrogen) atoms. The first-order valence-corrected chi connectivity index (χ1v) is 5.33. The van der Waals surface area contributed by atoms with Crippen molar-refractivity contribution in [3.63, 3.8) is 0 Å². The molecule has 80 valence electrons. The fraction of sp³-hybridized carbons (Fsp3) is 0.364. The van der Waals surface area contributed by atoms with Crippen LogP contribution in [0, 0.1) is 0 Å². The summed E-state index contributed by atoms with van der Waals surface area (Å²) in [6.45, 7) is 2.38. The Morgan fingerprint density at radius 1 is 1.60 bits per heavy atom. The van der Waals surface area contributed by atoms with Crippen LogP contribution < -0.4 is 10.6 Å². The monoisotopic (exact) mass is 224 g/mol. The van der Waals surface area contributed by atoms with E-state index in [4.69, 9.17) is 17.3 Å². The van der Waals surface area contributed by atoms with Gasteiger partial charge in [0.1, 0.15) is 0 Å². The number of halogens is 1. The number of nitrogens with zero attached hydrogens (tertiary/aromatic N) is 1. The Morgan fingerprint density at radius 2 is 2.33 bits per heavy atom. The highest BCUT2D eigenvalue weighted by Crippen LogP contribution is 2.33. The summed E-state index contributed by atoms with van der Waals surface area (Å²) >= 11 is 6.05. The van der Waals surface area contributed by atoms with Crippen LogP contribution in [0.4, 0.5) is 5.69 Å². The van der Waals surface area contributed by atoms with Crippen LogP contribution in [0.15, 0.2) is 18.2 Å². The van der Waals surface area contributed by atoms with Crippen molar-refractivity contribution >= 4 is 23.2 Å². The van der Waals surface area contributed by atoms with Crippen LogP contribution in [-0.2, 0) is 11.2 Å². The van der Waals surface area contributed by atoms with Crippen molar-refractivity contribution in [3.8, 4) is 0 Å². The molecule has 0 unspecified atom stereocenters. The molecule has 0 saturated carbocycles. The fourth-order valence-electron chi connectivity index (χ4n) is 1.87. The molecular weight excluding hydrogens is 212 g/mol. The van der Waals surface area contributed by atoms with E-state index >= 15 is 0 Å². The molecule has 1 amide bonds. The van der Waals surface area contributed by atoms with Gasteiger partial charge in [-0.3, -0.25) is 4.79 Å². The van der Waals surface area contributed by atoms with Gasteiger partial charge in [0.05, 0.1) is 6.04 Å². The van der Waals surface area contributed by atoms with E-state index < -0.39 is 6.04 Å². The van der Waals surface area contributed by atoms with E-state index in [1.807, 2.05) is 18.2 Å². The zero-order valence-corrected chi connectivity index (χ0v) is 9.29. The molecule has 2 rings (SSSR count). The molecule has 1 atom stereocenters. The standard InChI is InChI=1S/C11H13ClN2O/c1-7(13)11(15)14-6-5-8-9(12)3-2-4-10(8)14/h2-4,7H,5-6,13H2,1H3/t7-/m0/s1. The quantitative estimate of drug-likeness (QED) is 0.787. The van der Waals surface area contributed by atoms with Crippen LogP contribution in [0.3, 0.4) is 0 Å². The molecule has 1 aromatic rings. The van der Waals surface area contributed by atoms with Gasteiger partial charge in [0.25, 0.3) is 0 Å². The number of rotatable bonds is 1. The molecule has 4 heteroatoms. The maximum Gasteiger partial charge on any atom is 0.243 e. The maximum atomic E-state index is 11.8. The van der Waals surface area contributed by atoms with Gasteiger partial charge < -0.3 is 10.6 Å². The summed E-state index contributed by atoms with van der Waals surface area (Å²) < 4.78 is 0. The highest BCUT2D eigenvalue weighted by Gasteiger charge is 2.27. The van der Waals surface area contributed by atoms with Crippen molar-refractivity contribution < 1.29 is 4.79 Å². The van der Waals surface area contributed by atoms with Gasteiger partial charge in [-0.25, -0.2) is 0 Å². The second kappa shape index (κ2) is 3.83. The lowest BCUT2D eigenvalue weighted by Gasteiger charge is -2.19. The first-order chi connectivity index (χ1) is 7.11. The molecule has 0 saturated heterocycles. The number of amides is 1. The highest BCUT2D eigenvalue weighted by atomic mass is 35.5. The number of fused-ring (bicyclic) bond motifs is 1.